The molecule has 9 heteroatoms. The Hall–Kier alpha value is -3.32. The van der Waals surface area contributed by atoms with Gasteiger partial charge in [0, 0.05) is 31.4 Å². The van der Waals surface area contributed by atoms with Gasteiger partial charge in [-0.3, -0.25) is 0 Å². The molecule has 0 radical (unpaired) electrons. The van der Waals surface area contributed by atoms with Crippen molar-refractivity contribution in [2.45, 2.75) is 26.2 Å². The maximum absolute atomic E-state index is 9.43. The van der Waals surface area contributed by atoms with Crippen LogP contribution in [-0.4, -0.2) is 70.1 Å². The number of pyridine rings is 1. The van der Waals surface area contributed by atoms with Gasteiger partial charge in [0.05, 0.1) is 24.3 Å². The van der Waals surface area contributed by atoms with Crippen molar-refractivity contribution in [1.29, 1.82) is 5.26 Å². The molecule has 0 fully saturated rings. The number of nitrogens with zero attached hydrogens (tertiary/aromatic N) is 5. The molecule has 3 N–H and O–H groups in total. The SMILES string of the molecule is CCCNc1ncc(-c2nc(-c3ccc4c(c3)CCN(C)CC4)no2)cc1C#N.OCCO. The van der Waals surface area contributed by atoms with Gasteiger partial charge in [0.25, 0.3) is 5.89 Å². The van der Waals surface area contributed by atoms with Crippen molar-refractivity contribution >= 4 is 5.82 Å². The summed E-state index contributed by atoms with van der Waals surface area (Å²) in [6.07, 6.45) is 4.69. The van der Waals surface area contributed by atoms with Crippen LogP contribution in [0.1, 0.15) is 30.0 Å². The molecule has 3 aromatic rings. The van der Waals surface area contributed by atoms with Crippen LogP contribution in [0.4, 0.5) is 5.82 Å². The minimum Gasteiger partial charge on any atom is -0.394 e. The second-order valence-corrected chi connectivity index (χ2v) is 7.82. The number of aliphatic hydroxyl groups is 2. The average Bonchev–Trinajstić information content (AvgIpc) is 3.27. The van der Waals surface area contributed by atoms with E-state index in [1.807, 2.05) is 0 Å². The van der Waals surface area contributed by atoms with E-state index in [1.54, 1.807) is 12.3 Å². The fourth-order valence-corrected chi connectivity index (χ4v) is 3.49. The molecule has 174 valence electrons. The number of hydrogen-bond donors (Lipinski definition) is 3. The van der Waals surface area contributed by atoms with E-state index >= 15 is 0 Å². The smallest absolute Gasteiger partial charge is 0.259 e. The van der Waals surface area contributed by atoms with E-state index in [0.29, 0.717) is 28.7 Å². The Balaban J connectivity index is 0.000000709. The van der Waals surface area contributed by atoms with Crippen molar-refractivity contribution < 1.29 is 14.7 Å². The van der Waals surface area contributed by atoms with Crippen LogP contribution >= 0.6 is 0 Å². The monoisotopic (exact) mass is 450 g/mol. The molecule has 0 spiro atoms. The largest absolute Gasteiger partial charge is 0.394 e. The van der Waals surface area contributed by atoms with Gasteiger partial charge in [0.15, 0.2) is 0 Å². The number of nitrogens with one attached hydrogen (secondary N) is 1. The van der Waals surface area contributed by atoms with Gasteiger partial charge in [-0.15, -0.1) is 0 Å². The summed E-state index contributed by atoms with van der Waals surface area (Å²) in [5.74, 6) is 1.49. The molecule has 0 unspecified atom stereocenters. The summed E-state index contributed by atoms with van der Waals surface area (Å²) in [6.45, 7) is 4.71. The number of anilines is 1. The Kier molecular flexibility index (Phi) is 8.89. The molecule has 33 heavy (non-hydrogen) atoms. The molecule has 3 heterocycles. The molecular weight excluding hydrogens is 420 g/mol. The normalized spacial score (nSPS) is 13.3. The first-order valence-electron chi connectivity index (χ1n) is 11.1. The number of hydrogen-bond acceptors (Lipinski definition) is 9. The van der Waals surface area contributed by atoms with E-state index in [9.17, 15) is 5.26 Å². The summed E-state index contributed by atoms with van der Waals surface area (Å²) in [7, 11) is 2.16. The first-order chi connectivity index (χ1) is 16.1. The second kappa shape index (κ2) is 12.1. The summed E-state index contributed by atoms with van der Waals surface area (Å²) in [4.78, 5) is 11.3. The maximum atomic E-state index is 9.43. The van der Waals surface area contributed by atoms with Gasteiger partial charge >= 0.3 is 0 Å². The van der Waals surface area contributed by atoms with Gasteiger partial charge in [0.1, 0.15) is 11.9 Å². The fourth-order valence-electron chi connectivity index (χ4n) is 3.49. The molecule has 0 atom stereocenters. The number of benzene rings is 1. The van der Waals surface area contributed by atoms with Crippen LogP contribution in [0.25, 0.3) is 22.8 Å². The van der Waals surface area contributed by atoms with E-state index in [0.717, 1.165) is 44.5 Å². The molecule has 4 rings (SSSR count). The lowest BCUT2D eigenvalue weighted by atomic mass is 10.00. The molecule has 0 saturated carbocycles. The minimum absolute atomic E-state index is 0.125. The van der Waals surface area contributed by atoms with Crippen LogP contribution in [0, 0.1) is 11.3 Å². The van der Waals surface area contributed by atoms with Crippen molar-refractivity contribution in [3.05, 3.63) is 47.2 Å². The van der Waals surface area contributed by atoms with Crippen molar-refractivity contribution in [3.63, 3.8) is 0 Å². The Morgan fingerprint density at radius 2 is 1.88 bits per heavy atom. The highest BCUT2D eigenvalue weighted by atomic mass is 16.5. The third-order valence-corrected chi connectivity index (χ3v) is 5.31. The molecule has 0 bridgehead atoms. The van der Waals surface area contributed by atoms with E-state index in [1.165, 1.54) is 11.1 Å². The topological polar surface area (TPSA) is 131 Å². The van der Waals surface area contributed by atoms with Crippen molar-refractivity contribution in [1.82, 2.24) is 20.0 Å². The first-order valence-corrected chi connectivity index (χ1v) is 11.1. The maximum Gasteiger partial charge on any atom is 0.259 e. The molecule has 1 aliphatic rings. The molecule has 9 nitrogen and oxygen atoms in total. The number of nitriles is 1. The van der Waals surface area contributed by atoms with E-state index in [4.69, 9.17) is 14.7 Å². The zero-order chi connectivity index (χ0) is 23.6. The Bertz CT molecular complexity index is 1090. The highest BCUT2D eigenvalue weighted by Crippen LogP contribution is 2.27. The Morgan fingerprint density at radius 3 is 2.58 bits per heavy atom. The highest BCUT2D eigenvalue weighted by Gasteiger charge is 2.16. The lowest BCUT2D eigenvalue weighted by molar-refractivity contribution is 0.186. The molecule has 0 saturated heterocycles. The zero-order valence-electron chi connectivity index (χ0n) is 19.1. The number of likely N-dealkylation sites (N-methyl/N-ethyl adjacent to an activating group) is 1. The molecule has 0 aliphatic carbocycles. The van der Waals surface area contributed by atoms with Crippen LogP contribution in [0.5, 0.6) is 0 Å². The van der Waals surface area contributed by atoms with E-state index in [2.05, 4.69) is 63.6 Å². The predicted molar refractivity (Wildman–Crippen MR) is 126 cm³/mol. The minimum atomic E-state index is -0.125. The van der Waals surface area contributed by atoms with Gasteiger partial charge in [-0.05, 0) is 49.6 Å². The van der Waals surface area contributed by atoms with Crippen LogP contribution in [0.15, 0.2) is 35.0 Å². The summed E-state index contributed by atoms with van der Waals surface area (Å²) in [5.41, 5.74) is 4.78. The lowest BCUT2D eigenvalue weighted by Crippen LogP contribution is -2.20. The molecule has 2 aromatic heterocycles. The Morgan fingerprint density at radius 1 is 1.12 bits per heavy atom. The zero-order valence-corrected chi connectivity index (χ0v) is 19.1. The number of aliphatic hydroxyl groups excluding tert-OH is 2. The highest BCUT2D eigenvalue weighted by molar-refractivity contribution is 5.64. The molecular formula is C24H30N6O3. The predicted octanol–water partition coefficient (Wildman–Crippen LogP) is 2.49. The van der Waals surface area contributed by atoms with Gasteiger partial charge < -0.3 is 25.0 Å². The Labute approximate surface area is 193 Å². The molecule has 1 aliphatic heterocycles. The summed E-state index contributed by atoms with van der Waals surface area (Å²) in [6, 6.07) is 10.3. The summed E-state index contributed by atoms with van der Waals surface area (Å²) in [5, 5.41) is 32.0. The quantitative estimate of drug-likeness (QED) is 0.518. The van der Waals surface area contributed by atoms with Crippen LogP contribution in [0.3, 0.4) is 0 Å². The van der Waals surface area contributed by atoms with Gasteiger partial charge in [0.2, 0.25) is 5.82 Å². The van der Waals surface area contributed by atoms with Crippen LogP contribution in [0.2, 0.25) is 0 Å². The molecule has 1 aromatic carbocycles. The summed E-state index contributed by atoms with van der Waals surface area (Å²) < 4.78 is 5.47. The van der Waals surface area contributed by atoms with Gasteiger partial charge in [-0.1, -0.05) is 24.2 Å². The summed E-state index contributed by atoms with van der Waals surface area (Å²) >= 11 is 0. The second-order valence-electron chi connectivity index (χ2n) is 7.82. The fraction of sp³-hybridized carbons (Fsp3) is 0.417. The van der Waals surface area contributed by atoms with Gasteiger partial charge in [-0.2, -0.15) is 10.2 Å². The standard InChI is InChI=1S/C22H24N6O.C2H6O2/c1-3-8-24-20-18(13-23)12-19(14-25-20)22-26-21(27-29-22)17-5-4-15-6-9-28(2)10-7-16(15)11-17;3-1-2-4/h4-5,11-12,14H,3,6-10H2,1-2H3,(H,24,25);3-4H,1-2H2. The number of aromatic nitrogens is 3. The van der Waals surface area contributed by atoms with Gasteiger partial charge in [-0.25, -0.2) is 4.98 Å². The third-order valence-electron chi connectivity index (χ3n) is 5.31. The van der Waals surface area contributed by atoms with Crippen molar-refractivity contribution in [2.75, 3.05) is 45.2 Å². The first kappa shape index (κ1) is 24.3. The van der Waals surface area contributed by atoms with E-state index in [-0.39, 0.29) is 13.2 Å². The van der Waals surface area contributed by atoms with Crippen molar-refractivity contribution in [2.24, 2.45) is 0 Å². The van der Waals surface area contributed by atoms with Crippen LogP contribution in [-0.2, 0) is 12.8 Å². The van der Waals surface area contributed by atoms with E-state index < -0.39 is 0 Å². The number of rotatable bonds is 6. The van der Waals surface area contributed by atoms with Crippen LogP contribution < -0.4 is 5.32 Å². The lowest BCUT2D eigenvalue weighted by Gasteiger charge is -2.10. The van der Waals surface area contributed by atoms with Crippen molar-refractivity contribution in [3.8, 4) is 28.9 Å². The average molecular weight is 451 g/mol. The number of fused-ring (bicyclic) bond motifs is 1. The third kappa shape index (κ3) is 6.35. The molecule has 0 amide bonds.